The predicted octanol–water partition coefficient (Wildman–Crippen LogP) is 4.58. The average Bonchev–Trinajstić information content (AvgIpc) is 2.38. The molecule has 0 aromatic heterocycles. The first-order valence-electron chi connectivity index (χ1n) is 6.89. The number of para-hydroxylation sites is 1. The Morgan fingerprint density at radius 1 is 1.05 bits per heavy atom. The first-order valence-corrected chi connectivity index (χ1v) is 6.89. The quantitative estimate of drug-likeness (QED) is 0.884. The third kappa shape index (κ3) is 3.20. The van der Waals surface area contributed by atoms with E-state index in [0.717, 1.165) is 22.6 Å². The third-order valence-electron chi connectivity index (χ3n) is 3.41. The van der Waals surface area contributed by atoms with Crippen molar-refractivity contribution in [3.05, 3.63) is 59.2 Å². The van der Waals surface area contributed by atoms with Gasteiger partial charge in [0.2, 0.25) is 0 Å². The van der Waals surface area contributed by atoms with Crippen LogP contribution in [0.2, 0.25) is 0 Å². The zero-order valence-electron chi connectivity index (χ0n) is 12.6. The molecule has 0 saturated carbocycles. The summed E-state index contributed by atoms with van der Waals surface area (Å²) in [4.78, 5) is 0. The molecule has 0 heterocycles. The van der Waals surface area contributed by atoms with Gasteiger partial charge in [0.15, 0.2) is 0 Å². The van der Waals surface area contributed by atoms with E-state index in [4.69, 9.17) is 4.74 Å². The molecule has 2 heteroatoms. The zero-order valence-corrected chi connectivity index (χ0v) is 12.6. The van der Waals surface area contributed by atoms with E-state index in [0.29, 0.717) is 0 Å². The van der Waals surface area contributed by atoms with Crippen LogP contribution in [-0.4, -0.2) is 5.11 Å². The molecule has 2 nitrogen and oxygen atoms in total. The second-order valence-corrected chi connectivity index (χ2v) is 6.09. The maximum absolute atomic E-state index is 9.21. The molecule has 0 amide bonds. The Balaban J connectivity index is 2.33. The first-order chi connectivity index (χ1) is 9.41. The number of hydrogen-bond acceptors (Lipinski definition) is 2. The summed E-state index contributed by atoms with van der Waals surface area (Å²) >= 11 is 0. The van der Waals surface area contributed by atoms with Gasteiger partial charge < -0.3 is 9.84 Å². The van der Waals surface area contributed by atoms with Crippen LogP contribution in [0.3, 0.4) is 0 Å². The van der Waals surface area contributed by atoms with Gasteiger partial charge in [0.25, 0.3) is 0 Å². The summed E-state index contributed by atoms with van der Waals surface area (Å²) in [6, 6.07) is 13.9. The normalized spacial score (nSPS) is 11.4. The van der Waals surface area contributed by atoms with Crippen molar-refractivity contribution in [3.8, 4) is 11.5 Å². The third-order valence-corrected chi connectivity index (χ3v) is 3.41. The van der Waals surface area contributed by atoms with Crippen molar-refractivity contribution < 1.29 is 9.84 Å². The fraction of sp³-hybridized carbons (Fsp3) is 0.333. The molecule has 0 spiro atoms. The molecule has 0 bridgehead atoms. The molecule has 0 aliphatic rings. The van der Waals surface area contributed by atoms with E-state index < -0.39 is 0 Å². The lowest BCUT2D eigenvalue weighted by molar-refractivity contribution is 0.281. The standard InChI is InChI=1S/C18H22O2/c1-13-11-15(10-9-14(13)12-19)20-17-8-6-5-7-16(17)18(2,3)4/h5-11,19H,12H2,1-4H3. The largest absolute Gasteiger partial charge is 0.457 e. The van der Waals surface area contributed by atoms with E-state index in [-0.39, 0.29) is 12.0 Å². The van der Waals surface area contributed by atoms with E-state index >= 15 is 0 Å². The molecule has 0 aliphatic carbocycles. The fourth-order valence-corrected chi connectivity index (χ4v) is 2.21. The minimum absolute atomic E-state index is 0.0384. The van der Waals surface area contributed by atoms with Gasteiger partial charge in [0.05, 0.1) is 6.61 Å². The molecule has 0 fully saturated rings. The smallest absolute Gasteiger partial charge is 0.131 e. The first kappa shape index (κ1) is 14.6. The zero-order chi connectivity index (χ0) is 14.8. The van der Waals surface area contributed by atoms with Crippen LogP contribution in [-0.2, 0) is 12.0 Å². The van der Waals surface area contributed by atoms with Crippen molar-refractivity contribution in [1.29, 1.82) is 0 Å². The van der Waals surface area contributed by atoms with Gasteiger partial charge >= 0.3 is 0 Å². The van der Waals surface area contributed by atoms with Crippen molar-refractivity contribution in [2.75, 3.05) is 0 Å². The summed E-state index contributed by atoms with van der Waals surface area (Å²) in [7, 11) is 0. The number of aliphatic hydroxyl groups excluding tert-OH is 1. The highest BCUT2D eigenvalue weighted by Gasteiger charge is 2.18. The maximum atomic E-state index is 9.21. The molecule has 20 heavy (non-hydrogen) atoms. The minimum Gasteiger partial charge on any atom is -0.457 e. The summed E-state index contributed by atoms with van der Waals surface area (Å²) in [5, 5.41) is 9.21. The number of aryl methyl sites for hydroxylation is 1. The number of rotatable bonds is 3. The maximum Gasteiger partial charge on any atom is 0.131 e. The van der Waals surface area contributed by atoms with Gasteiger partial charge in [0, 0.05) is 5.56 Å². The van der Waals surface area contributed by atoms with Gasteiger partial charge in [-0.1, -0.05) is 45.0 Å². The molecular weight excluding hydrogens is 248 g/mol. The molecule has 2 aromatic carbocycles. The second kappa shape index (κ2) is 5.68. The molecule has 0 atom stereocenters. The van der Waals surface area contributed by atoms with Crippen LogP contribution >= 0.6 is 0 Å². The highest BCUT2D eigenvalue weighted by atomic mass is 16.5. The van der Waals surface area contributed by atoms with Gasteiger partial charge in [-0.2, -0.15) is 0 Å². The second-order valence-electron chi connectivity index (χ2n) is 6.09. The van der Waals surface area contributed by atoms with Crippen LogP contribution < -0.4 is 4.74 Å². The van der Waals surface area contributed by atoms with E-state index in [9.17, 15) is 5.11 Å². The molecule has 1 N–H and O–H groups in total. The van der Waals surface area contributed by atoms with E-state index in [1.807, 2.05) is 43.3 Å². The molecule has 2 aromatic rings. The highest BCUT2D eigenvalue weighted by molar-refractivity contribution is 5.43. The summed E-state index contributed by atoms with van der Waals surface area (Å²) in [6.45, 7) is 8.57. The van der Waals surface area contributed by atoms with Crippen molar-refractivity contribution >= 4 is 0 Å². The van der Waals surface area contributed by atoms with Crippen molar-refractivity contribution in [1.82, 2.24) is 0 Å². The number of ether oxygens (including phenoxy) is 1. The molecule has 0 aliphatic heterocycles. The van der Waals surface area contributed by atoms with E-state index in [1.54, 1.807) is 0 Å². The van der Waals surface area contributed by atoms with Crippen LogP contribution in [0.4, 0.5) is 0 Å². The summed E-state index contributed by atoms with van der Waals surface area (Å²) < 4.78 is 6.03. The van der Waals surface area contributed by atoms with E-state index in [1.165, 1.54) is 5.56 Å². The van der Waals surface area contributed by atoms with Gasteiger partial charge in [-0.25, -0.2) is 0 Å². The van der Waals surface area contributed by atoms with Gasteiger partial charge in [-0.3, -0.25) is 0 Å². The van der Waals surface area contributed by atoms with Crippen LogP contribution in [0.5, 0.6) is 11.5 Å². The van der Waals surface area contributed by atoms with Crippen LogP contribution in [0.15, 0.2) is 42.5 Å². The summed E-state index contributed by atoms with van der Waals surface area (Å²) in [5.74, 6) is 1.69. The molecule has 0 unspecified atom stereocenters. The topological polar surface area (TPSA) is 29.5 Å². The van der Waals surface area contributed by atoms with Gasteiger partial charge in [-0.15, -0.1) is 0 Å². The lowest BCUT2D eigenvalue weighted by atomic mass is 9.86. The Bertz CT molecular complexity index is 595. The molecule has 106 valence electrons. The van der Waals surface area contributed by atoms with Crippen molar-refractivity contribution in [2.45, 2.75) is 39.7 Å². The Morgan fingerprint density at radius 2 is 1.75 bits per heavy atom. The Hall–Kier alpha value is -1.80. The molecule has 0 saturated heterocycles. The van der Waals surface area contributed by atoms with E-state index in [2.05, 4.69) is 26.8 Å². The Morgan fingerprint density at radius 3 is 2.35 bits per heavy atom. The summed E-state index contributed by atoms with van der Waals surface area (Å²) in [5.41, 5.74) is 3.19. The minimum atomic E-state index is 0.0384. The van der Waals surface area contributed by atoms with Crippen molar-refractivity contribution in [3.63, 3.8) is 0 Å². The lowest BCUT2D eigenvalue weighted by Gasteiger charge is -2.22. The Kier molecular flexibility index (Phi) is 4.15. The highest BCUT2D eigenvalue weighted by Crippen LogP contribution is 2.34. The SMILES string of the molecule is Cc1cc(Oc2ccccc2C(C)(C)C)ccc1CO. The van der Waals surface area contributed by atoms with Crippen molar-refractivity contribution in [2.24, 2.45) is 0 Å². The van der Waals surface area contributed by atoms with Crippen LogP contribution in [0.1, 0.15) is 37.5 Å². The number of hydrogen-bond donors (Lipinski definition) is 1. The Labute approximate surface area is 121 Å². The van der Waals surface area contributed by atoms with Gasteiger partial charge in [-0.05, 0) is 41.7 Å². The summed E-state index contributed by atoms with van der Waals surface area (Å²) in [6.07, 6.45) is 0. The predicted molar refractivity (Wildman–Crippen MR) is 82.3 cm³/mol. The van der Waals surface area contributed by atoms with Gasteiger partial charge in [0.1, 0.15) is 11.5 Å². The van der Waals surface area contributed by atoms with Crippen LogP contribution in [0, 0.1) is 6.92 Å². The molecular formula is C18H22O2. The van der Waals surface area contributed by atoms with Crippen LogP contribution in [0.25, 0.3) is 0 Å². The molecule has 0 radical (unpaired) electrons. The number of benzene rings is 2. The lowest BCUT2D eigenvalue weighted by Crippen LogP contribution is -2.12. The monoisotopic (exact) mass is 270 g/mol. The number of aliphatic hydroxyl groups is 1. The fourth-order valence-electron chi connectivity index (χ4n) is 2.21. The molecule has 2 rings (SSSR count). The average molecular weight is 270 g/mol.